The van der Waals surface area contributed by atoms with Gasteiger partial charge in [0.05, 0.1) is 49.0 Å². The number of carbonyl (C=O) groups is 9. The predicted molar refractivity (Wildman–Crippen MR) is 310 cm³/mol. The van der Waals surface area contributed by atoms with Gasteiger partial charge in [-0.1, -0.05) is 75.6 Å². The first-order valence-electron chi connectivity index (χ1n) is 28.9. The first kappa shape index (κ1) is 68.2. The molecule has 1 unspecified atom stereocenters. The van der Waals surface area contributed by atoms with Crippen LogP contribution in [-0.4, -0.2) is 139 Å². The highest BCUT2D eigenvalue weighted by Crippen LogP contribution is 2.50. The molecule has 0 saturated carbocycles. The third-order valence-electron chi connectivity index (χ3n) is 16.5. The van der Waals surface area contributed by atoms with Gasteiger partial charge in [0.2, 0.25) is 23.6 Å². The molecule has 3 saturated heterocycles. The minimum Gasteiger partial charge on any atom is -0.495 e. The number of unbranched alkanes of at least 4 members (excludes halogenated alkanes) is 2. The van der Waals surface area contributed by atoms with Gasteiger partial charge in [0, 0.05) is 77.1 Å². The molecule has 472 valence electrons. The van der Waals surface area contributed by atoms with Crippen molar-refractivity contribution in [3.8, 4) is 5.75 Å². The molecule has 4 aliphatic heterocycles. The highest BCUT2D eigenvalue weighted by atomic mass is 35.5. The van der Waals surface area contributed by atoms with E-state index in [9.17, 15) is 48.3 Å². The molecule has 0 aromatic heterocycles. The maximum Gasteiger partial charge on any atom is 0.418 e. The van der Waals surface area contributed by atoms with Crippen LogP contribution in [0.3, 0.4) is 0 Å². The molecule has 0 radical (unpaired) electrons. The van der Waals surface area contributed by atoms with Crippen molar-refractivity contribution in [2.75, 3.05) is 44.6 Å². The van der Waals surface area contributed by atoms with E-state index in [4.69, 9.17) is 41.0 Å². The van der Waals surface area contributed by atoms with Crippen molar-refractivity contribution in [3.63, 3.8) is 0 Å². The van der Waals surface area contributed by atoms with E-state index >= 15 is 13.2 Å². The highest BCUT2D eigenvalue weighted by Gasteiger charge is 2.64. The summed E-state index contributed by atoms with van der Waals surface area (Å²) in [6.45, 7) is 10.5. The highest BCUT2D eigenvalue weighted by molar-refractivity contribution is 6.35. The van der Waals surface area contributed by atoms with E-state index in [2.05, 4.69) is 16.0 Å². The van der Waals surface area contributed by atoms with Crippen LogP contribution in [0.25, 0.3) is 0 Å². The van der Waals surface area contributed by atoms with Crippen molar-refractivity contribution in [1.29, 1.82) is 0 Å². The number of nitrogens with one attached hydrogen (secondary N) is 3. The molecule has 86 heavy (non-hydrogen) atoms. The Labute approximate surface area is 503 Å². The minimum atomic E-state index is -5.14. The molecule has 6 rings (SSSR count). The molecular weight excluding hydrogens is 1150 g/mol. The summed E-state index contributed by atoms with van der Waals surface area (Å²) in [5.74, 6) is -5.53. The number of hydrogen-bond donors (Lipinski definition) is 5. The first-order chi connectivity index (χ1) is 40.4. The molecule has 2 aromatic rings. The number of allylic oxidation sites excluding steroid dienone is 3. The molecule has 3 fully saturated rings. The van der Waals surface area contributed by atoms with Gasteiger partial charge >= 0.3 is 24.3 Å². The molecule has 4 heterocycles. The number of alkyl halides is 3. The number of ketones is 2. The van der Waals surface area contributed by atoms with Gasteiger partial charge < -0.3 is 50.1 Å². The Morgan fingerprint density at radius 1 is 0.988 bits per heavy atom. The number of aliphatic hydroxyl groups is 1. The van der Waals surface area contributed by atoms with E-state index in [1.807, 2.05) is 6.92 Å². The van der Waals surface area contributed by atoms with Crippen molar-refractivity contribution in [1.82, 2.24) is 15.5 Å². The standard InChI is InChI=1S/C61H80ClF3N6O15/c1-33(2)40(29-39(72)16-11-10-12-22-71-51(75)24-35(4)56(71)78)55(77)68-43(17-14-21-67-57(66)79)45(73)27-37-19-20-42(41(25-37)61(63,64)65)69-58(80)85-49-30-50(74)70(7)44-26-38(28-46(82-8)53(44)62)23-34(3)15-13-18-48(83-9)60(81)31-47(84-52(76)32-60)36(5)54-59(49,6)86-54/h13,15,18-20,25-26,28,33,35-36,40,43,47-49,54,81H,10-12,14,16-17,21-24,27,29-32H2,1-9H3,(H,68,77)(H,69,80)(H3,66,67,79)/b18-13+,34-15+/t35?,36-,40+,43+,47+,48-,49+,54+,59+,60-/m1/s1. The zero-order chi connectivity index (χ0) is 63.6. The number of esters is 1. The second-order valence-corrected chi connectivity index (χ2v) is 23.9. The number of Topliss-reactive ketones (excluding diaryl/α,β-unsaturated/α-hetero) is 2. The minimum absolute atomic E-state index is 0.00566. The van der Waals surface area contributed by atoms with Gasteiger partial charge in [-0.15, -0.1) is 0 Å². The number of hydrogen-bond acceptors (Lipinski definition) is 15. The molecule has 21 nitrogen and oxygen atoms in total. The number of urea groups is 1. The van der Waals surface area contributed by atoms with Crippen LogP contribution in [-0.2, 0) is 71.5 Å². The van der Waals surface area contributed by atoms with Crippen LogP contribution in [0.2, 0.25) is 5.02 Å². The summed E-state index contributed by atoms with van der Waals surface area (Å²) < 4.78 is 74.4. The number of fused-ring (bicyclic) bond motifs is 5. The van der Waals surface area contributed by atoms with E-state index in [1.165, 1.54) is 44.1 Å². The van der Waals surface area contributed by atoms with Gasteiger partial charge in [0.1, 0.15) is 46.1 Å². The van der Waals surface area contributed by atoms with Crippen LogP contribution in [0, 0.1) is 23.7 Å². The second kappa shape index (κ2) is 29.2. The fraction of sp³-hybridized carbons (Fsp3) is 0.590. The average molecular weight is 1230 g/mol. The van der Waals surface area contributed by atoms with Gasteiger partial charge in [-0.3, -0.25) is 43.8 Å². The van der Waals surface area contributed by atoms with E-state index < -0.39 is 126 Å². The summed E-state index contributed by atoms with van der Waals surface area (Å²) >= 11 is 6.80. The quantitative estimate of drug-likeness (QED) is 0.0324. The zero-order valence-electron chi connectivity index (χ0n) is 50.1. The lowest BCUT2D eigenvalue weighted by molar-refractivity contribution is -0.187. The molecular formula is C61H80ClF3N6O15. The number of nitrogens with zero attached hydrogens (tertiary/aromatic N) is 2. The van der Waals surface area contributed by atoms with Crippen LogP contribution in [0.4, 0.5) is 34.1 Å². The predicted octanol–water partition coefficient (Wildman–Crippen LogP) is 7.87. The molecule has 4 aliphatic rings. The monoisotopic (exact) mass is 1230 g/mol. The topological polar surface area (TPSA) is 292 Å². The lowest BCUT2D eigenvalue weighted by Crippen LogP contribution is -2.53. The number of rotatable bonds is 22. The van der Waals surface area contributed by atoms with E-state index in [-0.39, 0.29) is 103 Å². The van der Waals surface area contributed by atoms with Gasteiger partial charge in [0.15, 0.2) is 5.78 Å². The number of anilines is 2. The SMILES string of the molecule is COc1cc2cc(c1Cl)N(C)C(=O)C[C@H](OC(=O)Nc1ccc(CC(=O)[C@H](CCCNC(N)=O)NC(=O)[C@@H](CC(=O)CCCCCN3C(=O)CC(C)C3=O)C(C)C)cc1C(F)(F)F)[C@]1(C)O[C@H]1[C@H](C)[C@@H]1C[C@@](O)(CC(=O)O1)[C@H](OC)/C=C/C=C(\C)C2. The van der Waals surface area contributed by atoms with Gasteiger partial charge in [0.25, 0.3) is 0 Å². The van der Waals surface area contributed by atoms with Gasteiger partial charge in [-0.05, 0) is 87.3 Å². The lowest BCUT2D eigenvalue weighted by atomic mass is 9.78. The molecule has 25 heteroatoms. The summed E-state index contributed by atoms with van der Waals surface area (Å²) in [4.78, 5) is 121. The van der Waals surface area contributed by atoms with Crippen LogP contribution in [0.1, 0.15) is 129 Å². The summed E-state index contributed by atoms with van der Waals surface area (Å²) in [5.41, 5.74) is 1.38. The lowest BCUT2D eigenvalue weighted by Gasteiger charge is -2.41. The number of imide groups is 1. The number of nitrogens with two attached hydrogens (primary N) is 1. The number of epoxide rings is 1. The molecule has 7 amide bonds. The number of likely N-dealkylation sites (tertiary alicyclic amines) is 1. The van der Waals surface area contributed by atoms with Crippen molar-refractivity contribution >= 4 is 76.3 Å². The number of amides is 7. The average Bonchev–Trinajstić information content (AvgIpc) is 1.61. The Morgan fingerprint density at radius 3 is 2.35 bits per heavy atom. The fourth-order valence-electron chi connectivity index (χ4n) is 11.4. The zero-order valence-corrected chi connectivity index (χ0v) is 50.8. The summed E-state index contributed by atoms with van der Waals surface area (Å²) in [5, 5.41) is 19.3. The van der Waals surface area contributed by atoms with Gasteiger partial charge in [-0.2, -0.15) is 13.2 Å². The van der Waals surface area contributed by atoms with Crippen molar-refractivity contribution in [2.45, 2.75) is 173 Å². The molecule has 4 bridgehead atoms. The molecule has 0 spiro atoms. The van der Waals surface area contributed by atoms with E-state index in [0.717, 1.165) is 11.6 Å². The van der Waals surface area contributed by atoms with Crippen LogP contribution in [0.5, 0.6) is 5.75 Å². The number of benzene rings is 2. The second-order valence-electron chi connectivity index (χ2n) is 23.5. The summed E-state index contributed by atoms with van der Waals surface area (Å²) in [6.07, 6.45) is -5.59. The number of methoxy groups -OCH3 is 2. The first-order valence-corrected chi connectivity index (χ1v) is 29.3. The smallest absolute Gasteiger partial charge is 0.418 e. The van der Waals surface area contributed by atoms with E-state index in [0.29, 0.717) is 37.3 Å². The Bertz CT molecular complexity index is 2960. The largest absolute Gasteiger partial charge is 0.495 e. The van der Waals surface area contributed by atoms with Crippen LogP contribution >= 0.6 is 11.6 Å². The maximum atomic E-state index is 15.1. The molecule has 6 N–H and O–H groups in total. The molecule has 10 atom stereocenters. The normalized spacial score (nSPS) is 26.2. The Balaban J connectivity index is 1.21. The van der Waals surface area contributed by atoms with Crippen molar-refractivity contribution in [2.24, 2.45) is 29.4 Å². The fourth-order valence-corrected chi connectivity index (χ4v) is 11.8. The van der Waals surface area contributed by atoms with Gasteiger partial charge in [-0.25, -0.2) is 9.59 Å². The van der Waals surface area contributed by atoms with Crippen LogP contribution in [0.15, 0.2) is 54.1 Å². The number of carbonyl (C=O) groups excluding carboxylic acids is 9. The van der Waals surface area contributed by atoms with E-state index in [1.54, 1.807) is 58.1 Å². The third-order valence-corrected chi connectivity index (χ3v) is 16.9. The summed E-state index contributed by atoms with van der Waals surface area (Å²) in [7, 11) is 4.23. The Morgan fingerprint density at radius 2 is 1.71 bits per heavy atom. The molecule has 0 aliphatic carbocycles. The van der Waals surface area contributed by atoms with Crippen molar-refractivity contribution in [3.05, 3.63) is 75.8 Å². The number of primary amides is 1. The summed E-state index contributed by atoms with van der Waals surface area (Å²) in [6, 6.07) is 4.00. The van der Waals surface area contributed by atoms with Crippen molar-refractivity contribution < 1.29 is 85.1 Å². The Kier molecular flexibility index (Phi) is 23.2. The molecule has 2 aromatic carbocycles. The Hall–Kier alpha value is -6.89. The number of ether oxygens (including phenoxy) is 5. The number of halogens is 4. The third kappa shape index (κ3) is 17.4. The maximum absolute atomic E-state index is 15.1. The van der Waals surface area contributed by atoms with Crippen LogP contribution < -0.4 is 31.3 Å².